The molecule has 0 aromatic heterocycles. The Balaban J connectivity index is 2.65. The molecule has 2 N–H and O–H groups in total. The van der Waals surface area contributed by atoms with E-state index in [0.717, 1.165) is 23.6 Å². The summed E-state index contributed by atoms with van der Waals surface area (Å²) < 4.78 is 5.10. The van der Waals surface area contributed by atoms with Crippen LogP contribution < -0.4 is 15.4 Å². The molecule has 0 aliphatic carbocycles. The van der Waals surface area contributed by atoms with Gasteiger partial charge in [-0.25, -0.2) is 0 Å². The molecule has 0 amide bonds. The smallest absolute Gasteiger partial charge is 0.119 e. The van der Waals surface area contributed by atoms with Gasteiger partial charge < -0.3 is 15.4 Å². The molecule has 0 spiro atoms. The maximum absolute atomic E-state index is 5.50. The van der Waals surface area contributed by atoms with E-state index < -0.39 is 0 Å². The minimum atomic E-state index is 0.528. The van der Waals surface area contributed by atoms with Gasteiger partial charge in [0, 0.05) is 25.8 Å². The van der Waals surface area contributed by atoms with Crippen molar-refractivity contribution in [3.8, 4) is 5.75 Å². The van der Waals surface area contributed by atoms with Crippen LogP contribution in [0.4, 0.5) is 5.69 Å². The topological polar surface area (TPSA) is 38.5 Å². The van der Waals surface area contributed by atoms with Crippen LogP contribution >= 0.6 is 0 Å². The van der Waals surface area contributed by atoms with Gasteiger partial charge in [-0.05, 0) is 29.8 Å². The molecule has 0 saturated heterocycles. The van der Waals surface area contributed by atoms with Crippen LogP contribution in [-0.4, -0.2) is 27.2 Å². The van der Waals surface area contributed by atoms with Crippen molar-refractivity contribution in [1.29, 1.82) is 0 Å². The predicted octanol–water partition coefficient (Wildman–Crippen LogP) is 1.65. The van der Waals surface area contributed by atoms with E-state index in [1.54, 1.807) is 7.11 Å². The molecule has 0 heterocycles. The predicted molar refractivity (Wildman–Crippen MR) is 64.5 cm³/mol. The molecule has 0 radical (unpaired) electrons. The SMILES string of the molecule is C=C(CN)CN(C)c1ccc(OC)cc1. The Morgan fingerprint density at radius 2 is 2.00 bits per heavy atom. The molecular weight excluding hydrogens is 188 g/mol. The molecule has 3 heteroatoms. The van der Waals surface area contributed by atoms with Gasteiger partial charge in [-0.3, -0.25) is 0 Å². The number of benzene rings is 1. The maximum Gasteiger partial charge on any atom is 0.119 e. The summed E-state index contributed by atoms with van der Waals surface area (Å²) in [6.07, 6.45) is 0. The fourth-order valence-electron chi connectivity index (χ4n) is 1.33. The zero-order valence-corrected chi connectivity index (χ0v) is 9.36. The van der Waals surface area contributed by atoms with Crippen molar-refractivity contribution in [3.63, 3.8) is 0 Å². The first kappa shape index (κ1) is 11.6. The summed E-state index contributed by atoms with van der Waals surface area (Å²) >= 11 is 0. The lowest BCUT2D eigenvalue weighted by atomic mass is 10.2. The van der Waals surface area contributed by atoms with Crippen molar-refractivity contribution < 1.29 is 4.74 Å². The molecule has 1 aromatic rings. The molecule has 0 unspecified atom stereocenters. The molecule has 0 bridgehead atoms. The Bertz CT molecular complexity index is 319. The van der Waals surface area contributed by atoms with Crippen LogP contribution in [0.1, 0.15) is 0 Å². The van der Waals surface area contributed by atoms with Crippen molar-refractivity contribution in [3.05, 3.63) is 36.4 Å². The monoisotopic (exact) mass is 206 g/mol. The second-order valence-corrected chi connectivity index (χ2v) is 3.51. The highest BCUT2D eigenvalue weighted by Gasteiger charge is 2.01. The minimum absolute atomic E-state index is 0.528. The van der Waals surface area contributed by atoms with E-state index in [4.69, 9.17) is 10.5 Å². The van der Waals surface area contributed by atoms with E-state index in [1.165, 1.54) is 0 Å². The van der Waals surface area contributed by atoms with E-state index in [-0.39, 0.29) is 0 Å². The lowest BCUT2D eigenvalue weighted by Gasteiger charge is -2.20. The van der Waals surface area contributed by atoms with Crippen LogP contribution in [-0.2, 0) is 0 Å². The van der Waals surface area contributed by atoms with Crippen LogP contribution in [0.25, 0.3) is 0 Å². The Hall–Kier alpha value is -1.48. The quantitative estimate of drug-likeness (QED) is 0.744. The normalized spacial score (nSPS) is 9.80. The van der Waals surface area contributed by atoms with Crippen LogP contribution in [0.3, 0.4) is 0 Å². The average molecular weight is 206 g/mol. The number of likely N-dealkylation sites (N-methyl/N-ethyl adjacent to an activating group) is 1. The van der Waals surface area contributed by atoms with Gasteiger partial charge in [0.2, 0.25) is 0 Å². The number of methoxy groups -OCH3 is 1. The third-order valence-electron chi connectivity index (χ3n) is 2.26. The van der Waals surface area contributed by atoms with Gasteiger partial charge in [-0.15, -0.1) is 0 Å². The van der Waals surface area contributed by atoms with Crippen molar-refractivity contribution in [2.75, 3.05) is 32.1 Å². The first-order chi connectivity index (χ1) is 7.17. The second-order valence-electron chi connectivity index (χ2n) is 3.51. The molecule has 82 valence electrons. The van der Waals surface area contributed by atoms with E-state index in [0.29, 0.717) is 6.54 Å². The fourth-order valence-corrected chi connectivity index (χ4v) is 1.33. The van der Waals surface area contributed by atoms with Crippen molar-refractivity contribution in [2.45, 2.75) is 0 Å². The summed E-state index contributed by atoms with van der Waals surface area (Å²) in [6, 6.07) is 7.92. The third kappa shape index (κ3) is 3.29. The number of hydrogen-bond donors (Lipinski definition) is 1. The van der Waals surface area contributed by atoms with Crippen molar-refractivity contribution >= 4 is 5.69 Å². The highest BCUT2D eigenvalue weighted by atomic mass is 16.5. The molecule has 3 nitrogen and oxygen atoms in total. The van der Waals surface area contributed by atoms with E-state index >= 15 is 0 Å². The third-order valence-corrected chi connectivity index (χ3v) is 2.26. The largest absolute Gasteiger partial charge is 0.497 e. The van der Waals surface area contributed by atoms with Gasteiger partial charge >= 0.3 is 0 Å². The summed E-state index contributed by atoms with van der Waals surface area (Å²) in [7, 11) is 3.68. The zero-order chi connectivity index (χ0) is 11.3. The second kappa shape index (κ2) is 5.41. The van der Waals surface area contributed by atoms with E-state index in [9.17, 15) is 0 Å². The zero-order valence-electron chi connectivity index (χ0n) is 9.36. The standard InChI is InChI=1S/C12H18N2O/c1-10(8-13)9-14(2)11-4-6-12(15-3)7-5-11/h4-7H,1,8-9,13H2,2-3H3. The minimum Gasteiger partial charge on any atom is -0.497 e. The fraction of sp³-hybridized carbons (Fsp3) is 0.333. The number of nitrogens with zero attached hydrogens (tertiary/aromatic N) is 1. The number of hydrogen-bond acceptors (Lipinski definition) is 3. The lowest BCUT2D eigenvalue weighted by Crippen LogP contribution is -2.22. The van der Waals surface area contributed by atoms with Gasteiger partial charge in [-0.1, -0.05) is 6.58 Å². The Morgan fingerprint density at radius 1 is 1.40 bits per heavy atom. The first-order valence-electron chi connectivity index (χ1n) is 4.89. The Morgan fingerprint density at radius 3 is 2.47 bits per heavy atom. The molecular formula is C12H18N2O. The van der Waals surface area contributed by atoms with Crippen LogP contribution in [0, 0.1) is 0 Å². The van der Waals surface area contributed by atoms with Gasteiger partial charge in [0.1, 0.15) is 5.75 Å². The van der Waals surface area contributed by atoms with Gasteiger partial charge in [0.25, 0.3) is 0 Å². The molecule has 0 saturated carbocycles. The molecule has 1 aromatic carbocycles. The molecule has 0 aliphatic rings. The van der Waals surface area contributed by atoms with Gasteiger partial charge in [0.15, 0.2) is 0 Å². The molecule has 0 fully saturated rings. The van der Waals surface area contributed by atoms with Crippen LogP contribution in [0.2, 0.25) is 0 Å². The van der Waals surface area contributed by atoms with Crippen molar-refractivity contribution in [2.24, 2.45) is 5.73 Å². The number of nitrogens with two attached hydrogens (primary N) is 1. The summed E-state index contributed by atoms with van der Waals surface area (Å²) in [5, 5.41) is 0. The molecule has 15 heavy (non-hydrogen) atoms. The first-order valence-corrected chi connectivity index (χ1v) is 4.89. The molecule has 1 rings (SSSR count). The lowest BCUT2D eigenvalue weighted by molar-refractivity contribution is 0.415. The number of rotatable bonds is 5. The summed E-state index contributed by atoms with van der Waals surface area (Å²) in [4.78, 5) is 2.11. The highest BCUT2D eigenvalue weighted by Crippen LogP contribution is 2.18. The summed E-state index contributed by atoms with van der Waals surface area (Å²) in [5.74, 6) is 0.866. The summed E-state index contributed by atoms with van der Waals surface area (Å²) in [6.45, 7) is 5.19. The summed E-state index contributed by atoms with van der Waals surface area (Å²) in [5.41, 5.74) is 7.65. The van der Waals surface area contributed by atoms with Crippen LogP contribution in [0.15, 0.2) is 36.4 Å². The van der Waals surface area contributed by atoms with E-state index in [1.807, 2.05) is 31.3 Å². The van der Waals surface area contributed by atoms with Crippen LogP contribution in [0.5, 0.6) is 5.75 Å². The van der Waals surface area contributed by atoms with Crippen molar-refractivity contribution in [1.82, 2.24) is 0 Å². The van der Waals surface area contributed by atoms with E-state index in [2.05, 4.69) is 11.5 Å². The highest BCUT2D eigenvalue weighted by molar-refractivity contribution is 5.49. The maximum atomic E-state index is 5.50. The number of anilines is 1. The van der Waals surface area contributed by atoms with Gasteiger partial charge in [-0.2, -0.15) is 0 Å². The molecule has 0 atom stereocenters. The number of ether oxygens (including phenoxy) is 1. The average Bonchev–Trinajstić information content (AvgIpc) is 2.29. The molecule has 0 aliphatic heterocycles. The Labute approximate surface area is 91.1 Å². The Kier molecular flexibility index (Phi) is 4.18. The van der Waals surface area contributed by atoms with Gasteiger partial charge in [0.05, 0.1) is 7.11 Å².